The van der Waals surface area contributed by atoms with Crippen LogP contribution >= 0.6 is 27.5 Å². The van der Waals surface area contributed by atoms with Gasteiger partial charge in [0, 0.05) is 16.7 Å². The number of nitrogens with one attached hydrogen (secondary N) is 1. The zero-order valence-electron chi connectivity index (χ0n) is 12.5. The zero-order chi connectivity index (χ0) is 15.6. The topological polar surface area (TPSA) is 38.0 Å². The van der Waals surface area contributed by atoms with Crippen LogP contribution in [0.3, 0.4) is 0 Å². The summed E-state index contributed by atoms with van der Waals surface area (Å²) in [6.07, 6.45) is 0. The van der Waals surface area contributed by atoms with Crippen LogP contribution in [0.2, 0.25) is 5.02 Å². The lowest BCUT2D eigenvalue weighted by Crippen LogP contribution is -2.22. The molecular weight excluding hydrogens is 348 g/mol. The fourth-order valence-electron chi connectivity index (χ4n) is 2.78. The summed E-state index contributed by atoms with van der Waals surface area (Å²) in [5, 5.41) is 4.17. The van der Waals surface area contributed by atoms with Gasteiger partial charge in [0.2, 0.25) is 0 Å². The Bertz CT molecular complexity index is 632. The first-order valence-electron chi connectivity index (χ1n) is 6.91. The predicted octanol–water partition coefficient (Wildman–Crippen LogP) is 5.14. The Labute approximate surface area is 139 Å². The maximum atomic E-state index is 6.15. The molecule has 1 atom stereocenters. The van der Waals surface area contributed by atoms with Crippen LogP contribution in [-0.2, 0) is 0 Å². The van der Waals surface area contributed by atoms with E-state index in [9.17, 15) is 0 Å². The first kappa shape index (κ1) is 16.3. The molecule has 0 bridgehead atoms. The number of nitrogens with two attached hydrogens (primary N) is 1. The van der Waals surface area contributed by atoms with Gasteiger partial charge in [0.05, 0.1) is 11.1 Å². The molecular formula is C17H20BrClN2. The van der Waals surface area contributed by atoms with Crippen LogP contribution in [0.4, 0.5) is 5.69 Å². The van der Waals surface area contributed by atoms with Crippen LogP contribution in [0.1, 0.15) is 28.3 Å². The SMILES string of the molecule is Cc1cc(C)c(C(CN)Nc2ccc(Br)c(Cl)c2)c(C)c1. The standard InChI is InChI=1S/C17H20BrClN2/c1-10-6-11(2)17(12(3)7-10)16(9-20)21-13-4-5-14(18)15(19)8-13/h4-8,16,21H,9,20H2,1-3H3. The van der Waals surface area contributed by atoms with Crippen molar-refractivity contribution in [2.75, 3.05) is 11.9 Å². The molecule has 2 aromatic carbocycles. The predicted molar refractivity (Wildman–Crippen MR) is 95.2 cm³/mol. The lowest BCUT2D eigenvalue weighted by Gasteiger charge is -2.23. The molecule has 0 aliphatic rings. The second-order valence-corrected chi connectivity index (χ2v) is 6.64. The fourth-order valence-corrected chi connectivity index (χ4v) is 3.20. The molecule has 3 N–H and O–H groups in total. The number of benzene rings is 2. The van der Waals surface area contributed by atoms with E-state index in [2.05, 4.69) is 54.2 Å². The minimum atomic E-state index is 0.0721. The summed E-state index contributed by atoms with van der Waals surface area (Å²) in [6.45, 7) is 6.91. The monoisotopic (exact) mass is 366 g/mol. The van der Waals surface area contributed by atoms with Gasteiger partial charge in [0.25, 0.3) is 0 Å². The van der Waals surface area contributed by atoms with E-state index in [0.717, 1.165) is 10.2 Å². The van der Waals surface area contributed by atoms with Crippen LogP contribution in [0.5, 0.6) is 0 Å². The van der Waals surface area contributed by atoms with E-state index in [1.807, 2.05) is 18.2 Å². The number of rotatable bonds is 4. The molecule has 0 aromatic heterocycles. The van der Waals surface area contributed by atoms with Gasteiger partial charge in [0.15, 0.2) is 0 Å². The number of halogens is 2. The van der Waals surface area contributed by atoms with Crippen molar-refractivity contribution in [1.82, 2.24) is 0 Å². The Morgan fingerprint density at radius 1 is 1.14 bits per heavy atom. The van der Waals surface area contributed by atoms with E-state index >= 15 is 0 Å². The summed E-state index contributed by atoms with van der Waals surface area (Å²) in [5.74, 6) is 0. The van der Waals surface area contributed by atoms with E-state index < -0.39 is 0 Å². The van der Waals surface area contributed by atoms with Gasteiger partial charge < -0.3 is 11.1 Å². The minimum absolute atomic E-state index is 0.0721. The highest BCUT2D eigenvalue weighted by atomic mass is 79.9. The second-order valence-electron chi connectivity index (χ2n) is 5.37. The van der Waals surface area contributed by atoms with Crippen molar-refractivity contribution >= 4 is 33.2 Å². The summed E-state index contributed by atoms with van der Waals surface area (Å²) in [5.41, 5.74) is 12.0. The normalized spacial score (nSPS) is 12.3. The minimum Gasteiger partial charge on any atom is -0.377 e. The van der Waals surface area contributed by atoms with Gasteiger partial charge in [-0.3, -0.25) is 0 Å². The molecule has 21 heavy (non-hydrogen) atoms. The lowest BCUT2D eigenvalue weighted by atomic mass is 9.94. The largest absolute Gasteiger partial charge is 0.377 e. The maximum absolute atomic E-state index is 6.15. The van der Waals surface area contributed by atoms with Crippen molar-refractivity contribution in [3.63, 3.8) is 0 Å². The molecule has 0 saturated heterocycles. The quantitative estimate of drug-likeness (QED) is 0.785. The molecule has 0 heterocycles. The van der Waals surface area contributed by atoms with E-state index in [1.54, 1.807) is 0 Å². The number of anilines is 1. The smallest absolute Gasteiger partial charge is 0.0641 e. The zero-order valence-corrected chi connectivity index (χ0v) is 14.8. The number of hydrogen-bond donors (Lipinski definition) is 2. The van der Waals surface area contributed by atoms with Gasteiger partial charge >= 0.3 is 0 Å². The molecule has 2 aromatic rings. The average Bonchev–Trinajstić information content (AvgIpc) is 2.40. The maximum Gasteiger partial charge on any atom is 0.0641 e. The molecule has 0 spiro atoms. The molecule has 0 saturated carbocycles. The summed E-state index contributed by atoms with van der Waals surface area (Å²) in [6, 6.07) is 10.3. The Kier molecular flexibility index (Phi) is 5.31. The molecule has 0 radical (unpaired) electrons. The van der Waals surface area contributed by atoms with E-state index in [0.29, 0.717) is 11.6 Å². The summed E-state index contributed by atoms with van der Waals surface area (Å²) < 4.78 is 0.890. The highest BCUT2D eigenvalue weighted by Gasteiger charge is 2.15. The number of hydrogen-bond acceptors (Lipinski definition) is 2. The summed E-state index contributed by atoms with van der Waals surface area (Å²) in [4.78, 5) is 0. The van der Waals surface area contributed by atoms with Crippen molar-refractivity contribution in [2.24, 2.45) is 5.73 Å². The van der Waals surface area contributed by atoms with Crippen molar-refractivity contribution in [1.29, 1.82) is 0 Å². The van der Waals surface area contributed by atoms with Gasteiger partial charge in [-0.15, -0.1) is 0 Å². The molecule has 2 nitrogen and oxygen atoms in total. The van der Waals surface area contributed by atoms with Gasteiger partial charge in [0.1, 0.15) is 0 Å². The van der Waals surface area contributed by atoms with Crippen molar-refractivity contribution in [2.45, 2.75) is 26.8 Å². The van der Waals surface area contributed by atoms with Gasteiger partial charge in [-0.25, -0.2) is 0 Å². The molecule has 1 unspecified atom stereocenters. The fraction of sp³-hybridized carbons (Fsp3) is 0.294. The van der Waals surface area contributed by atoms with E-state index in [4.69, 9.17) is 17.3 Å². The van der Waals surface area contributed by atoms with Crippen molar-refractivity contribution < 1.29 is 0 Å². The molecule has 0 amide bonds. The Hall–Kier alpha value is -1.03. The third-order valence-corrected chi connectivity index (χ3v) is 4.82. The van der Waals surface area contributed by atoms with Gasteiger partial charge in [-0.05, 0) is 71.6 Å². The molecule has 112 valence electrons. The molecule has 0 fully saturated rings. The Morgan fingerprint density at radius 2 is 1.76 bits per heavy atom. The van der Waals surface area contributed by atoms with E-state index in [1.165, 1.54) is 22.3 Å². The summed E-state index contributed by atoms with van der Waals surface area (Å²) >= 11 is 9.56. The second kappa shape index (κ2) is 6.82. The van der Waals surface area contributed by atoms with Crippen molar-refractivity contribution in [3.8, 4) is 0 Å². The first-order valence-corrected chi connectivity index (χ1v) is 8.09. The van der Waals surface area contributed by atoms with Gasteiger partial charge in [-0.1, -0.05) is 29.3 Å². The number of aryl methyl sites for hydroxylation is 3. The third-order valence-electron chi connectivity index (χ3n) is 3.58. The Morgan fingerprint density at radius 3 is 2.29 bits per heavy atom. The average molecular weight is 368 g/mol. The molecule has 0 aliphatic heterocycles. The van der Waals surface area contributed by atoms with E-state index in [-0.39, 0.29) is 6.04 Å². The van der Waals surface area contributed by atoms with Gasteiger partial charge in [-0.2, -0.15) is 0 Å². The molecule has 4 heteroatoms. The third kappa shape index (κ3) is 3.79. The first-order chi connectivity index (χ1) is 9.92. The Balaban J connectivity index is 2.34. The summed E-state index contributed by atoms with van der Waals surface area (Å²) in [7, 11) is 0. The van der Waals surface area contributed by atoms with Crippen LogP contribution in [0.25, 0.3) is 0 Å². The lowest BCUT2D eigenvalue weighted by molar-refractivity contribution is 0.776. The molecule has 0 aliphatic carbocycles. The van der Waals surface area contributed by atoms with Crippen LogP contribution in [-0.4, -0.2) is 6.54 Å². The van der Waals surface area contributed by atoms with Crippen LogP contribution < -0.4 is 11.1 Å². The van der Waals surface area contributed by atoms with Crippen LogP contribution in [0.15, 0.2) is 34.8 Å². The highest BCUT2D eigenvalue weighted by Crippen LogP contribution is 2.30. The molecule has 2 rings (SSSR count). The highest BCUT2D eigenvalue weighted by molar-refractivity contribution is 9.10. The van der Waals surface area contributed by atoms with Crippen molar-refractivity contribution in [3.05, 3.63) is 62.1 Å². The van der Waals surface area contributed by atoms with Crippen LogP contribution in [0, 0.1) is 20.8 Å².